The minimum atomic E-state index is -4.44. The highest BCUT2D eigenvalue weighted by Gasteiger charge is 2.26. The Kier molecular flexibility index (Phi) is 7.52. The van der Waals surface area contributed by atoms with Crippen LogP contribution in [0.1, 0.15) is 0 Å². The summed E-state index contributed by atoms with van der Waals surface area (Å²) in [4.78, 5) is 25.0. The fourth-order valence-electron chi connectivity index (χ4n) is 3.39. The third-order valence-electron chi connectivity index (χ3n) is 4.98. The number of benzene rings is 2. The average Bonchev–Trinajstić information content (AvgIpc) is 3.25. The van der Waals surface area contributed by atoms with Crippen molar-refractivity contribution in [1.29, 1.82) is 0 Å². The molecule has 4 rings (SSSR count). The number of aromatic nitrogens is 1. The zero-order valence-electron chi connectivity index (χ0n) is 18.6. The molecular formula is C22H15Cl2F3N4O5S2. The standard InChI is InChI=1S/C22H15Cl2F3N4O5S2/c23-15-9-13(29-21(34)30-38(35,36)19-6-5-17(24)37-19)2-4-16(15)31-18(32)8-11-7-12(28-10-22(25,26)27)1-3-14(11)20(31)33/h1-9,28,33H,10H2,(H2,29,30,34). The molecule has 9 nitrogen and oxygen atoms in total. The molecule has 0 unspecified atom stereocenters. The van der Waals surface area contributed by atoms with Crippen LogP contribution in [0.4, 0.5) is 29.3 Å². The molecule has 0 aliphatic heterocycles. The number of hydrogen-bond acceptors (Lipinski definition) is 7. The number of thiophene rings is 1. The highest BCUT2D eigenvalue weighted by atomic mass is 35.5. The molecule has 2 aromatic carbocycles. The van der Waals surface area contributed by atoms with E-state index in [2.05, 4.69) is 10.6 Å². The van der Waals surface area contributed by atoms with Crippen LogP contribution in [-0.4, -0.2) is 36.8 Å². The van der Waals surface area contributed by atoms with Crippen LogP contribution in [0.2, 0.25) is 9.36 Å². The monoisotopic (exact) mass is 606 g/mol. The summed E-state index contributed by atoms with van der Waals surface area (Å²) in [5.74, 6) is -0.518. The maximum atomic E-state index is 12.8. The van der Waals surface area contributed by atoms with Gasteiger partial charge in [0.2, 0.25) is 5.88 Å². The molecule has 16 heteroatoms. The first kappa shape index (κ1) is 27.6. The number of urea groups is 1. The van der Waals surface area contributed by atoms with Gasteiger partial charge in [0.05, 0.1) is 15.0 Å². The Hall–Kier alpha value is -3.46. The van der Waals surface area contributed by atoms with E-state index in [0.717, 1.165) is 22.0 Å². The molecule has 0 saturated carbocycles. The minimum Gasteiger partial charge on any atom is -0.494 e. The number of rotatable bonds is 6. The third kappa shape index (κ3) is 6.15. The van der Waals surface area contributed by atoms with Gasteiger partial charge in [0.25, 0.3) is 15.6 Å². The van der Waals surface area contributed by atoms with Crippen molar-refractivity contribution in [3.8, 4) is 11.6 Å². The first-order valence-electron chi connectivity index (χ1n) is 10.3. The number of aromatic hydroxyl groups is 1. The first-order chi connectivity index (χ1) is 17.7. The number of anilines is 2. The molecule has 0 saturated heterocycles. The molecular weight excluding hydrogens is 592 g/mol. The second kappa shape index (κ2) is 10.4. The van der Waals surface area contributed by atoms with Gasteiger partial charge < -0.3 is 15.7 Å². The van der Waals surface area contributed by atoms with Crippen molar-refractivity contribution >= 4 is 72.7 Å². The van der Waals surface area contributed by atoms with Crippen LogP contribution >= 0.6 is 34.5 Å². The molecule has 0 fully saturated rings. The van der Waals surface area contributed by atoms with Crippen LogP contribution in [0.25, 0.3) is 16.5 Å². The second-order valence-electron chi connectivity index (χ2n) is 7.70. The summed E-state index contributed by atoms with van der Waals surface area (Å²) in [6.45, 7) is -1.27. The van der Waals surface area contributed by atoms with Crippen molar-refractivity contribution in [2.45, 2.75) is 10.4 Å². The summed E-state index contributed by atoms with van der Waals surface area (Å²) in [6.07, 6.45) is -4.44. The third-order valence-corrected chi connectivity index (χ3v) is 8.34. The number of halogens is 5. The molecule has 4 aromatic rings. The Balaban J connectivity index is 1.57. The lowest BCUT2D eigenvalue weighted by molar-refractivity contribution is -0.115. The summed E-state index contributed by atoms with van der Waals surface area (Å²) in [5.41, 5.74) is -0.530. The predicted molar refractivity (Wildman–Crippen MR) is 139 cm³/mol. The van der Waals surface area contributed by atoms with Crippen molar-refractivity contribution < 1.29 is 31.5 Å². The van der Waals surface area contributed by atoms with Gasteiger partial charge in [-0.3, -0.25) is 4.79 Å². The quantitative estimate of drug-likeness (QED) is 0.228. The Labute approximate surface area is 226 Å². The van der Waals surface area contributed by atoms with Gasteiger partial charge in [0.1, 0.15) is 10.8 Å². The lowest BCUT2D eigenvalue weighted by Crippen LogP contribution is -2.33. The fourth-order valence-corrected chi connectivity index (χ4v) is 6.05. The molecule has 0 aliphatic carbocycles. The van der Waals surface area contributed by atoms with E-state index in [9.17, 15) is 36.3 Å². The molecule has 2 heterocycles. The van der Waals surface area contributed by atoms with Crippen molar-refractivity contribution in [2.24, 2.45) is 0 Å². The summed E-state index contributed by atoms with van der Waals surface area (Å²) < 4.78 is 64.7. The Morgan fingerprint density at radius 2 is 1.74 bits per heavy atom. The summed E-state index contributed by atoms with van der Waals surface area (Å²) in [7, 11) is -4.17. The van der Waals surface area contributed by atoms with Crippen molar-refractivity contribution in [3.63, 3.8) is 0 Å². The van der Waals surface area contributed by atoms with E-state index in [0.29, 0.717) is 0 Å². The second-order valence-corrected chi connectivity index (χ2v) is 11.7. The van der Waals surface area contributed by atoms with E-state index in [4.69, 9.17) is 23.2 Å². The lowest BCUT2D eigenvalue weighted by atomic mass is 10.1. The molecule has 0 aliphatic rings. The molecule has 4 N–H and O–H groups in total. The molecule has 200 valence electrons. The number of nitrogens with zero attached hydrogens (tertiary/aromatic N) is 1. The number of pyridine rings is 1. The molecule has 2 amide bonds. The number of carbonyl (C=O) groups excluding carboxylic acids is 1. The number of nitrogens with one attached hydrogen (secondary N) is 3. The van der Waals surface area contributed by atoms with Gasteiger partial charge in [0.15, 0.2) is 0 Å². The summed E-state index contributed by atoms with van der Waals surface area (Å²) in [6, 6.07) is 10.4. The topological polar surface area (TPSA) is 130 Å². The maximum absolute atomic E-state index is 12.8. The highest BCUT2D eigenvalue weighted by Crippen LogP contribution is 2.32. The van der Waals surface area contributed by atoms with Crippen LogP contribution in [0.15, 0.2) is 63.6 Å². The Morgan fingerprint density at radius 3 is 2.37 bits per heavy atom. The molecule has 38 heavy (non-hydrogen) atoms. The highest BCUT2D eigenvalue weighted by molar-refractivity contribution is 7.92. The van der Waals surface area contributed by atoms with Gasteiger partial charge in [-0.25, -0.2) is 22.5 Å². The number of amides is 2. The largest absolute Gasteiger partial charge is 0.494 e. The van der Waals surface area contributed by atoms with E-state index in [1.807, 2.05) is 4.72 Å². The van der Waals surface area contributed by atoms with Crippen molar-refractivity contribution in [3.05, 3.63) is 74.3 Å². The lowest BCUT2D eigenvalue weighted by Gasteiger charge is -2.15. The molecule has 0 radical (unpaired) electrons. The van der Waals surface area contributed by atoms with Crippen LogP contribution < -0.4 is 20.9 Å². The van der Waals surface area contributed by atoms with E-state index < -0.39 is 40.2 Å². The number of fused-ring (bicyclic) bond motifs is 1. The SMILES string of the molecule is O=C(Nc1ccc(-n2c(O)c3ccc(NCC(F)(F)F)cc3cc2=O)c(Cl)c1)NS(=O)(=O)c1ccc(Cl)s1. The van der Waals surface area contributed by atoms with Gasteiger partial charge >= 0.3 is 12.2 Å². The normalized spacial score (nSPS) is 11.9. The molecule has 0 spiro atoms. The Morgan fingerprint density at radius 1 is 1.03 bits per heavy atom. The van der Waals surface area contributed by atoms with Crippen LogP contribution in [0.5, 0.6) is 5.88 Å². The summed E-state index contributed by atoms with van der Waals surface area (Å²) >= 11 is 12.8. The minimum absolute atomic E-state index is 0.0298. The predicted octanol–water partition coefficient (Wildman–Crippen LogP) is 5.55. The molecule has 0 bridgehead atoms. The van der Waals surface area contributed by atoms with E-state index in [1.54, 1.807) is 0 Å². The fraction of sp³-hybridized carbons (Fsp3) is 0.0909. The molecule has 0 atom stereocenters. The van der Waals surface area contributed by atoms with Gasteiger partial charge in [-0.1, -0.05) is 23.2 Å². The number of hydrogen-bond donors (Lipinski definition) is 4. The van der Waals surface area contributed by atoms with Gasteiger partial charge in [-0.05, 0) is 53.9 Å². The van der Waals surface area contributed by atoms with Crippen molar-refractivity contribution in [2.75, 3.05) is 17.2 Å². The maximum Gasteiger partial charge on any atom is 0.405 e. The van der Waals surface area contributed by atoms with Gasteiger partial charge in [0, 0.05) is 22.8 Å². The van der Waals surface area contributed by atoms with E-state index in [-0.39, 0.29) is 41.4 Å². The zero-order valence-corrected chi connectivity index (χ0v) is 21.8. The van der Waals surface area contributed by atoms with Crippen LogP contribution in [0.3, 0.4) is 0 Å². The number of carbonyl (C=O) groups is 1. The van der Waals surface area contributed by atoms with E-state index >= 15 is 0 Å². The number of alkyl halides is 3. The smallest absolute Gasteiger partial charge is 0.405 e. The van der Waals surface area contributed by atoms with Crippen molar-refractivity contribution in [1.82, 2.24) is 9.29 Å². The van der Waals surface area contributed by atoms with Crippen LogP contribution in [-0.2, 0) is 10.0 Å². The zero-order chi connectivity index (χ0) is 27.8. The van der Waals surface area contributed by atoms with E-state index in [1.165, 1.54) is 48.5 Å². The van der Waals surface area contributed by atoms with Gasteiger partial charge in [-0.2, -0.15) is 13.2 Å². The molecule has 2 aromatic heterocycles. The average molecular weight is 607 g/mol. The van der Waals surface area contributed by atoms with Crippen LogP contribution in [0, 0.1) is 0 Å². The number of sulfonamides is 1. The first-order valence-corrected chi connectivity index (χ1v) is 13.4. The van der Waals surface area contributed by atoms with Gasteiger partial charge in [-0.15, -0.1) is 11.3 Å². The Bertz CT molecular complexity index is 1720. The summed E-state index contributed by atoms with van der Waals surface area (Å²) in [5, 5.41) is 15.5.